The lowest BCUT2D eigenvalue weighted by molar-refractivity contribution is -0.148. The van der Waals surface area contributed by atoms with Crippen molar-refractivity contribution >= 4 is 11.7 Å². The normalized spacial score (nSPS) is 11.1. The predicted octanol–water partition coefficient (Wildman–Crippen LogP) is 9.14. The van der Waals surface area contributed by atoms with Gasteiger partial charge in [-0.05, 0) is 56.2 Å². The van der Waals surface area contributed by atoms with Crippen molar-refractivity contribution in [1.29, 1.82) is 5.26 Å². The van der Waals surface area contributed by atoms with Crippen molar-refractivity contribution in [3.05, 3.63) is 144 Å². The first-order valence-corrected chi connectivity index (χ1v) is 17.1. The quantitative estimate of drug-likeness (QED) is 0.101. The van der Waals surface area contributed by atoms with E-state index < -0.39 is 40.6 Å². The molecule has 54 heavy (non-hydrogen) atoms. The Hall–Kier alpha value is -6.74. The molecule has 0 atom stereocenters. The molecule has 0 spiro atoms. The molecule has 0 aliphatic rings. The zero-order valence-electron chi connectivity index (χ0n) is 30.1. The van der Waals surface area contributed by atoms with Crippen LogP contribution in [0.25, 0.3) is 11.4 Å². The summed E-state index contributed by atoms with van der Waals surface area (Å²) in [4.78, 5) is 23.3. The first-order valence-electron chi connectivity index (χ1n) is 17.1. The Bertz CT molecular complexity index is 2290. The number of aryl methyl sites for hydroxylation is 1. The summed E-state index contributed by atoms with van der Waals surface area (Å²) >= 11 is 0. The lowest BCUT2D eigenvalue weighted by Gasteiger charge is -2.38. The second kappa shape index (κ2) is 16.3. The van der Waals surface area contributed by atoms with Crippen LogP contribution in [-0.2, 0) is 29.7 Å². The molecule has 0 fully saturated rings. The molecule has 0 radical (unpaired) electrons. The molecule has 274 valence electrons. The number of aromatic nitrogens is 3. The van der Waals surface area contributed by atoms with E-state index in [4.69, 9.17) is 18.9 Å². The standard InChI is InChI=1S/C42H37F2N5O5/c1-5-51-41(50)42(2,3)49(26-28-13-8-6-9-14-28)37-35(43)39(53-32-18-12-17-31(24-32)38-46-21-22-48(38)4)47-40(36(37)44)54-34-23-30(25-45)19-20-33(34)52-27-29-15-10-7-11-16-29/h6-24H,5,26-27H2,1-4H3. The average Bonchev–Trinajstić information content (AvgIpc) is 3.62. The van der Waals surface area contributed by atoms with Crippen molar-refractivity contribution in [2.75, 3.05) is 11.5 Å². The molecule has 2 heterocycles. The lowest BCUT2D eigenvalue weighted by Crippen LogP contribution is -2.51. The van der Waals surface area contributed by atoms with Gasteiger partial charge >= 0.3 is 5.97 Å². The van der Waals surface area contributed by atoms with Gasteiger partial charge in [0.05, 0.1) is 18.2 Å². The minimum absolute atomic E-state index is 0.0405. The van der Waals surface area contributed by atoms with E-state index in [1.807, 2.05) is 60.1 Å². The van der Waals surface area contributed by atoms with Crippen LogP contribution >= 0.6 is 0 Å². The molecule has 6 rings (SSSR count). The first-order chi connectivity index (χ1) is 26.1. The molecule has 0 amide bonds. The summed E-state index contributed by atoms with van der Waals surface area (Å²) in [6, 6.07) is 31.5. The van der Waals surface area contributed by atoms with E-state index in [-0.39, 0.29) is 42.6 Å². The molecule has 12 heteroatoms. The van der Waals surface area contributed by atoms with Gasteiger partial charge in [0.2, 0.25) is 11.6 Å². The molecular weight excluding hydrogens is 692 g/mol. The summed E-state index contributed by atoms with van der Waals surface area (Å²) in [6.07, 6.45) is 3.43. The Morgan fingerprint density at radius 3 is 2.20 bits per heavy atom. The van der Waals surface area contributed by atoms with Gasteiger partial charge in [-0.2, -0.15) is 19.0 Å². The van der Waals surface area contributed by atoms with Gasteiger partial charge in [-0.1, -0.05) is 72.8 Å². The van der Waals surface area contributed by atoms with E-state index in [2.05, 4.69) is 9.97 Å². The number of imidazole rings is 1. The Morgan fingerprint density at radius 1 is 0.870 bits per heavy atom. The number of anilines is 1. The fraction of sp³-hybridized carbons (Fsp3) is 0.190. The highest BCUT2D eigenvalue weighted by molar-refractivity contribution is 5.85. The molecule has 0 N–H and O–H groups in total. The van der Waals surface area contributed by atoms with Gasteiger partial charge in [0, 0.05) is 37.6 Å². The fourth-order valence-corrected chi connectivity index (χ4v) is 5.67. The van der Waals surface area contributed by atoms with Gasteiger partial charge in [-0.15, -0.1) is 0 Å². The number of pyridine rings is 1. The lowest BCUT2D eigenvalue weighted by atomic mass is 10.00. The van der Waals surface area contributed by atoms with Crippen molar-refractivity contribution in [2.45, 2.75) is 39.5 Å². The van der Waals surface area contributed by atoms with Crippen LogP contribution in [0, 0.1) is 23.0 Å². The van der Waals surface area contributed by atoms with E-state index >= 15 is 8.78 Å². The molecule has 0 bridgehead atoms. The van der Waals surface area contributed by atoms with Crippen LogP contribution in [0.3, 0.4) is 0 Å². The number of carbonyl (C=O) groups excluding carboxylic acids is 1. The molecule has 0 saturated heterocycles. The minimum Gasteiger partial charge on any atom is -0.485 e. The third-order valence-corrected chi connectivity index (χ3v) is 8.54. The van der Waals surface area contributed by atoms with E-state index in [0.29, 0.717) is 17.0 Å². The number of hydrogen-bond donors (Lipinski definition) is 0. The second-order valence-corrected chi connectivity index (χ2v) is 12.7. The van der Waals surface area contributed by atoms with Gasteiger partial charge in [0.15, 0.2) is 11.5 Å². The van der Waals surface area contributed by atoms with Crippen molar-refractivity contribution in [3.63, 3.8) is 0 Å². The molecule has 2 aromatic heterocycles. The zero-order chi connectivity index (χ0) is 38.2. The molecule has 4 aromatic carbocycles. The highest BCUT2D eigenvalue weighted by atomic mass is 19.1. The second-order valence-electron chi connectivity index (χ2n) is 12.7. The molecule has 0 unspecified atom stereocenters. The Labute approximate surface area is 311 Å². The van der Waals surface area contributed by atoms with Crippen molar-refractivity contribution in [1.82, 2.24) is 14.5 Å². The maximum atomic E-state index is 17.1. The average molecular weight is 730 g/mol. The number of hydrogen-bond acceptors (Lipinski definition) is 9. The van der Waals surface area contributed by atoms with Crippen LogP contribution in [0.5, 0.6) is 29.0 Å². The minimum atomic E-state index is -1.62. The molecule has 10 nitrogen and oxygen atoms in total. The van der Waals surface area contributed by atoms with Crippen LogP contribution in [0.2, 0.25) is 0 Å². The van der Waals surface area contributed by atoms with Gasteiger partial charge in [-0.25, -0.2) is 9.78 Å². The van der Waals surface area contributed by atoms with E-state index in [0.717, 1.165) is 5.56 Å². The summed E-state index contributed by atoms with van der Waals surface area (Å²) in [6.45, 7) is 4.72. The largest absolute Gasteiger partial charge is 0.485 e. The van der Waals surface area contributed by atoms with Crippen molar-refractivity contribution < 1.29 is 32.5 Å². The third-order valence-electron chi connectivity index (χ3n) is 8.54. The monoisotopic (exact) mass is 729 g/mol. The van der Waals surface area contributed by atoms with Gasteiger partial charge in [0.1, 0.15) is 29.4 Å². The maximum Gasteiger partial charge on any atom is 0.331 e. The Balaban J connectivity index is 1.51. The molecule has 0 aliphatic carbocycles. The van der Waals surface area contributed by atoms with Crippen LogP contribution in [-0.4, -0.2) is 32.7 Å². The number of benzene rings is 4. The highest BCUT2D eigenvalue weighted by Crippen LogP contribution is 2.43. The topological polar surface area (TPSA) is 112 Å². The molecular formula is C42H37F2N5O5. The molecule has 0 saturated carbocycles. The van der Waals surface area contributed by atoms with Crippen LogP contribution in [0.1, 0.15) is 37.5 Å². The summed E-state index contributed by atoms with van der Waals surface area (Å²) in [5.74, 6) is -3.57. The first kappa shape index (κ1) is 37.0. The van der Waals surface area contributed by atoms with Gasteiger partial charge in [0.25, 0.3) is 11.8 Å². The van der Waals surface area contributed by atoms with Gasteiger partial charge in [-0.3, -0.25) is 0 Å². The predicted molar refractivity (Wildman–Crippen MR) is 198 cm³/mol. The van der Waals surface area contributed by atoms with Crippen LogP contribution in [0.15, 0.2) is 116 Å². The Morgan fingerprint density at radius 2 is 1.56 bits per heavy atom. The number of ether oxygens (including phenoxy) is 4. The van der Waals surface area contributed by atoms with Crippen molar-refractivity contribution in [2.24, 2.45) is 7.05 Å². The number of nitriles is 1. The zero-order valence-corrected chi connectivity index (χ0v) is 30.1. The molecule has 0 aliphatic heterocycles. The van der Waals surface area contributed by atoms with E-state index in [1.54, 1.807) is 61.8 Å². The third kappa shape index (κ3) is 8.16. The van der Waals surface area contributed by atoms with E-state index in [9.17, 15) is 10.1 Å². The van der Waals surface area contributed by atoms with Crippen LogP contribution in [0.4, 0.5) is 14.5 Å². The Kier molecular flexibility index (Phi) is 11.2. The summed E-state index contributed by atoms with van der Waals surface area (Å²) in [5.41, 5.74) is 0.0874. The number of esters is 1. The van der Waals surface area contributed by atoms with Gasteiger partial charge < -0.3 is 28.4 Å². The van der Waals surface area contributed by atoms with Crippen molar-refractivity contribution in [3.8, 4) is 46.5 Å². The van der Waals surface area contributed by atoms with E-state index in [1.165, 1.54) is 36.9 Å². The number of rotatable bonds is 14. The fourth-order valence-electron chi connectivity index (χ4n) is 5.67. The maximum absolute atomic E-state index is 17.1. The number of nitrogens with zero attached hydrogens (tertiary/aromatic N) is 5. The SMILES string of the molecule is CCOC(=O)C(C)(C)N(Cc1ccccc1)c1c(F)c(Oc2cccc(-c3nccn3C)c2)nc(Oc2cc(C#N)ccc2OCc2ccccc2)c1F. The summed E-state index contributed by atoms with van der Waals surface area (Å²) in [5, 5.41) is 9.71. The number of carbonyl (C=O) groups is 1. The molecule has 6 aromatic rings. The smallest absolute Gasteiger partial charge is 0.331 e. The summed E-state index contributed by atoms with van der Waals surface area (Å²) < 4.78 is 59.6. The number of halogens is 2. The highest BCUT2D eigenvalue weighted by Gasteiger charge is 2.41. The van der Waals surface area contributed by atoms with Crippen LogP contribution < -0.4 is 19.1 Å². The summed E-state index contributed by atoms with van der Waals surface area (Å²) in [7, 11) is 1.83.